The maximum Gasteiger partial charge on any atom is 0.0728 e. The highest BCUT2D eigenvalue weighted by Crippen LogP contribution is 2.41. The molecule has 3 atom stereocenters. The van der Waals surface area contributed by atoms with Gasteiger partial charge in [-0.25, -0.2) is 0 Å². The summed E-state index contributed by atoms with van der Waals surface area (Å²) in [5.74, 6) is 1.99. The summed E-state index contributed by atoms with van der Waals surface area (Å²) in [7, 11) is 1.73. The monoisotopic (exact) mass is 277 g/mol. The quantitative estimate of drug-likeness (QED) is 0.897. The van der Waals surface area contributed by atoms with Crippen molar-refractivity contribution < 1.29 is 4.74 Å². The van der Waals surface area contributed by atoms with Crippen molar-refractivity contribution in [3.05, 3.63) is 12.4 Å². The first-order chi connectivity index (χ1) is 9.85. The highest BCUT2D eigenvalue weighted by Gasteiger charge is 2.32. The van der Waals surface area contributed by atoms with Gasteiger partial charge in [0.2, 0.25) is 0 Å². The van der Waals surface area contributed by atoms with Crippen molar-refractivity contribution in [2.75, 3.05) is 19.0 Å². The Morgan fingerprint density at radius 3 is 2.95 bits per heavy atom. The van der Waals surface area contributed by atoms with Crippen molar-refractivity contribution >= 4 is 5.69 Å². The minimum atomic E-state index is 0.648. The van der Waals surface area contributed by atoms with E-state index in [1.54, 1.807) is 7.11 Å². The predicted octanol–water partition coefficient (Wildman–Crippen LogP) is 3.30. The number of fused-ring (bicyclic) bond motifs is 1. The second kappa shape index (κ2) is 6.61. The molecule has 20 heavy (non-hydrogen) atoms. The molecule has 2 aliphatic rings. The summed E-state index contributed by atoms with van der Waals surface area (Å²) in [6.07, 6.45) is 14.0. The molecule has 0 amide bonds. The Labute approximate surface area is 121 Å². The second-order valence-corrected chi connectivity index (χ2v) is 6.44. The van der Waals surface area contributed by atoms with Gasteiger partial charge < -0.3 is 10.1 Å². The van der Waals surface area contributed by atoms with Crippen LogP contribution in [0, 0.1) is 11.8 Å². The third-order valence-corrected chi connectivity index (χ3v) is 5.07. The molecule has 3 unspecified atom stereocenters. The van der Waals surface area contributed by atoms with Crippen molar-refractivity contribution in [3.63, 3.8) is 0 Å². The van der Waals surface area contributed by atoms with Gasteiger partial charge in [0.1, 0.15) is 0 Å². The van der Waals surface area contributed by atoms with Crippen LogP contribution in [0.1, 0.15) is 44.9 Å². The molecule has 1 aromatic rings. The van der Waals surface area contributed by atoms with Crippen LogP contribution in [-0.4, -0.2) is 29.5 Å². The van der Waals surface area contributed by atoms with E-state index < -0.39 is 0 Å². The van der Waals surface area contributed by atoms with E-state index in [4.69, 9.17) is 4.74 Å². The van der Waals surface area contributed by atoms with Gasteiger partial charge in [0.15, 0.2) is 0 Å². The normalized spacial score (nSPS) is 29.9. The van der Waals surface area contributed by atoms with Crippen LogP contribution in [0.25, 0.3) is 0 Å². The Kier molecular flexibility index (Phi) is 4.61. The molecule has 2 fully saturated rings. The minimum absolute atomic E-state index is 0.648. The largest absolute Gasteiger partial charge is 0.383 e. The van der Waals surface area contributed by atoms with Gasteiger partial charge in [-0.2, -0.15) is 5.10 Å². The predicted molar refractivity (Wildman–Crippen MR) is 80.8 cm³/mol. The van der Waals surface area contributed by atoms with E-state index in [-0.39, 0.29) is 0 Å². The van der Waals surface area contributed by atoms with Gasteiger partial charge >= 0.3 is 0 Å². The number of hydrogen-bond acceptors (Lipinski definition) is 3. The molecule has 4 nitrogen and oxygen atoms in total. The van der Waals surface area contributed by atoms with Gasteiger partial charge in [-0.1, -0.05) is 25.7 Å². The van der Waals surface area contributed by atoms with E-state index in [2.05, 4.69) is 16.6 Å². The first-order valence-electron chi connectivity index (χ1n) is 8.13. The lowest BCUT2D eigenvalue weighted by molar-refractivity contribution is 0.162. The molecule has 0 aliphatic heterocycles. The van der Waals surface area contributed by atoms with Gasteiger partial charge in [0, 0.05) is 19.3 Å². The molecule has 0 saturated heterocycles. The lowest BCUT2D eigenvalue weighted by Crippen LogP contribution is -2.34. The Hall–Kier alpha value is -1.03. The minimum Gasteiger partial charge on any atom is -0.383 e. The Morgan fingerprint density at radius 2 is 2.10 bits per heavy atom. The third-order valence-electron chi connectivity index (χ3n) is 5.07. The molecule has 0 bridgehead atoms. The summed E-state index contributed by atoms with van der Waals surface area (Å²) in [4.78, 5) is 0. The van der Waals surface area contributed by atoms with Crippen molar-refractivity contribution in [2.24, 2.45) is 11.8 Å². The standard InChI is InChI=1S/C16H27N3O/c1-20-9-8-19-12-16(11-17-19)18-15-7-6-13-4-2-3-5-14(13)10-15/h11-15,18H,2-10H2,1H3. The average Bonchev–Trinajstić information content (AvgIpc) is 2.92. The second-order valence-electron chi connectivity index (χ2n) is 6.44. The highest BCUT2D eigenvalue weighted by molar-refractivity contribution is 5.39. The van der Waals surface area contributed by atoms with Crippen LogP contribution in [0.3, 0.4) is 0 Å². The zero-order valence-electron chi connectivity index (χ0n) is 12.6. The maximum absolute atomic E-state index is 5.08. The zero-order valence-corrected chi connectivity index (χ0v) is 12.6. The number of nitrogens with one attached hydrogen (secondary N) is 1. The van der Waals surface area contributed by atoms with Crippen LogP contribution in [0.5, 0.6) is 0 Å². The topological polar surface area (TPSA) is 39.1 Å². The summed E-state index contributed by atoms with van der Waals surface area (Å²) in [6, 6.07) is 0.648. The molecule has 1 N–H and O–H groups in total. The number of anilines is 1. The zero-order chi connectivity index (χ0) is 13.8. The van der Waals surface area contributed by atoms with Gasteiger partial charge in [-0.3, -0.25) is 4.68 Å². The van der Waals surface area contributed by atoms with Gasteiger partial charge in [0.25, 0.3) is 0 Å². The number of methoxy groups -OCH3 is 1. The first-order valence-corrected chi connectivity index (χ1v) is 8.13. The molecular weight excluding hydrogens is 250 g/mol. The van der Waals surface area contributed by atoms with Crippen LogP contribution in [0.4, 0.5) is 5.69 Å². The first kappa shape index (κ1) is 13.9. The number of rotatable bonds is 5. The molecule has 112 valence electrons. The van der Waals surface area contributed by atoms with Crippen LogP contribution < -0.4 is 5.32 Å². The lowest BCUT2D eigenvalue weighted by Gasteiger charge is -2.39. The summed E-state index contributed by atoms with van der Waals surface area (Å²) in [5.41, 5.74) is 1.17. The molecule has 0 aromatic carbocycles. The lowest BCUT2D eigenvalue weighted by atomic mass is 9.69. The van der Waals surface area contributed by atoms with E-state index in [9.17, 15) is 0 Å². The highest BCUT2D eigenvalue weighted by atomic mass is 16.5. The Bertz CT molecular complexity index is 418. The molecule has 4 heteroatoms. The molecule has 0 spiro atoms. The molecule has 1 aromatic heterocycles. The summed E-state index contributed by atoms with van der Waals surface area (Å²) in [5, 5.41) is 8.06. The van der Waals surface area contributed by atoms with Gasteiger partial charge in [-0.05, 0) is 31.1 Å². The van der Waals surface area contributed by atoms with Crippen LogP contribution >= 0.6 is 0 Å². The molecular formula is C16H27N3O. The van der Waals surface area contributed by atoms with Crippen molar-refractivity contribution in [1.29, 1.82) is 0 Å². The third kappa shape index (κ3) is 3.35. The smallest absolute Gasteiger partial charge is 0.0728 e. The van der Waals surface area contributed by atoms with Gasteiger partial charge in [-0.15, -0.1) is 0 Å². The number of nitrogens with zero attached hydrogens (tertiary/aromatic N) is 2. The van der Waals surface area contributed by atoms with Crippen LogP contribution in [0.2, 0.25) is 0 Å². The summed E-state index contributed by atoms with van der Waals surface area (Å²) < 4.78 is 7.04. The molecule has 3 rings (SSSR count). The molecule has 0 radical (unpaired) electrons. The molecule has 1 heterocycles. The molecule has 2 aliphatic carbocycles. The summed E-state index contributed by atoms with van der Waals surface area (Å²) in [6.45, 7) is 1.54. The van der Waals surface area contributed by atoms with Crippen LogP contribution in [0.15, 0.2) is 12.4 Å². The SMILES string of the molecule is COCCn1cc(NC2CCC3CCCCC3C2)cn1. The number of aromatic nitrogens is 2. The van der Waals surface area contributed by atoms with E-state index in [1.807, 2.05) is 10.9 Å². The van der Waals surface area contributed by atoms with E-state index in [0.717, 1.165) is 18.4 Å². The Morgan fingerprint density at radius 1 is 1.25 bits per heavy atom. The maximum atomic E-state index is 5.08. The van der Waals surface area contributed by atoms with Crippen molar-refractivity contribution in [1.82, 2.24) is 9.78 Å². The fraction of sp³-hybridized carbons (Fsp3) is 0.812. The number of hydrogen-bond donors (Lipinski definition) is 1. The molecule has 2 saturated carbocycles. The number of ether oxygens (including phenoxy) is 1. The van der Waals surface area contributed by atoms with E-state index in [0.29, 0.717) is 12.6 Å². The van der Waals surface area contributed by atoms with Crippen molar-refractivity contribution in [3.8, 4) is 0 Å². The fourth-order valence-electron chi connectivity index (χ4n) is 3.99. The van der Waals surface area contributed by atoms with E-state index >= 15 is 0 Å². The fourth-order valence-corrected chi connectivity index (χ4v) is 3.99. The summed E-state index contributed by atoms with van der Waals surface area (Å²) >= 11 is 0. The van der Waals surface area contributed by atoms with E-state index in [1.165, 1.54) is 50.6 Å². The van der Waals surface area contributed by atoms with Gasteiger partial charge in [0.05, 0.1) is 25.0 Å². The average molecular weight is 277 g/mol. The van der Waals surface area contributed by atoms with Crippen LogP contribution in [-0.2, 0) is 11.3 Å². The Balaban J connectivity index is 1.51. The van der Waals surface area contributed by atoms with Crippen molar-refractivity contribution in [2.45, 2.75) is 57.5 Å².